The molecule has 126 valence electrons. The van der Waals surface area contributed by atoms with Gasteiger partial charge in [0.05, 0.1) is 6.61 Å². The zero-order valence-corrected chi connectivity index (χ0v) is 13.9. The molecule has 23 heavy (non-hydrogen) atoms. The average Bonchev–Trinajstić information content (AvgIpc) is 2.99. The van der Waals surface area contributed by atoms with E-state index in [1.54, 1.807) is 0 Å². The average molecular weight is 316 g/mol. The molecular weight excluding hydrogens is 288 g/mol. The summed E-state index contributed by atoms with van der Waals surface area (Å²) in [4.78, 5) is 14.7. The summed E-state index contributed by atoms with van der Waals surface area (Å²) in [6.45, 7) is 3.63. The maximum Gasteiger partial charge on any atom is 0.220 e. The molecule has 0 unspecified atom stereocenters. The first kappa shape index (κ1) is 16.5. The molecule has 0 saturated carbocycles. The molecule has 4 heteroatoms. The van der Waals surface area contributed by atoms with Gasteiger partial charge in [-0.3, -0.25) is 9.69 Å². The Morgan fingerprint density at radius 3 is 2.91 bits per heavy atom. The number of hydrogen-bond donors (Lipinski definition) is 1. The smallest absolute Gasteiger partial charge is 0.220 e. The van der Waals surface area contributed by atoms with E-state index in [9.17, 15) is 4.79 Å². The van der Waals surface area contributed by atoms with Crippen LogP contribution in [0, 0.1) is 0 Å². The lowest BCUT2D eigenvalue weighted by Crippen LogP contribution is -2.46. The first-order valence-electron chi connectivity index (χ1n) is 8.98. The normalized spacial score (nSPS) is 24.3. The molecule has 0 aromatic heterocycles. The lowest BCUT2D eigenvalue weighted by molar-refractivity contribution is -0.122. The van der Waals surface area contributed by atoms with Crippen LogP contribution >= 0.6 is 0 Å². The molecule has 0 bridgehead atoms. The van der Waals surface area contributed by atoms with Crippen LogP contribution in [0.4, 0.5) is 0 Å². The molecule has 0 radical (unpaired) electrons. The number of piperidine rings is 1. The number of nitrogens with zero attached hydrogens (tertiary/aromatic N) is 1. The molecule has 1 aromatic rings. The highest BCUT2D eigenvalue weighted by Gasteiger charge is 2.35. The lowest BCUT2D eigenvalue weighted by Gasteiger charge is -2.32. The predicted molar refractivity (Wildman–Crippen MR) is 91.1 cm³/mol. The largest absolute Gasteiger partial charge is 0.377 e. The minimum Gasteiger partial charge on any atom is -0.377 e. The van der Waals surface area contributed by atoms with Crippen molar-refractivity contribution in [1.82, 2.24) is 10.2 Å². The Morgan fingerprint density at radius 2 is 2.04 bits per heavy atom. The molecule has 2 heterocycles. The molecular formula is C19H28N2O2. The minimum atomic E-state index is 0.186. The Labute approximate surface area is 139 Å². The SMILES string of the molecule is O=C(CCCOCc1ccccc1)N[C@H]1CCN2CCCC[C@H]12. The van der Waals surface area contributed by atoms with Crippen LogP contribution in [-0.2, 0) is 16.1 Å². The van der Waals surface area contributed by atoms with Crippen LogP contribution in [0.1, 0.15) is 44.1 Å². The molecule has 3 rings (SSSR count). The third-order valence-corrected chi connectivity index (χ3v) is 5.01. The number of hydrogen-bond acceptors (Lipinski definition) is 3. The maximum absolute atomic E-state index is 12.1. The highest BCUT2D eigenvalue weighted by atomic mass is 16.5. The van der Waals surface area contributed by atoms with Crippen LogP contribution < -0.4 is 5.32 Å². The van der Waals surface area contributed by atoms with E-state index < -0.39 is 0 Å². The van der Waals surface area contributed by atoms with Gasteiger partial charge in [-0.2, -0.15) is 0 Å². The van der Waals surface area contributed by atoms with E-state index in [2.05, 4.69) is 22.3 Å². The third kappa shape index (κ3) is 4.79. The molecule has 2 aliphatic heterocycles. The number of benzene rings is 1. The summed E-state index contributed by atoms with van der Waals surface area (Å²) >= 11 is 0. The van der Waals surface area contributed by atoms with Crippen molar-refractivity contribution in [2.45, 2.75) is 57.2 Å². The monoisotopic (exact) mass is 316 g/mol. The number of rotatable bonds is 7. The Kier molecular flexibility index (Phi) is 6.06. The number of fused-ring (bicyclic) bond motifs is 1. The van der Waals surface area contributed by atoms with Crippen molar-refractivity contribution in [3.63, 3.8) is 0 Å². The summed E-state index contributed by atoms with van der Waals surface area (Å²) in [6, 6.07) is 11.1. The standard InChI is InChI=1S/C19H28N2O2/c22-19(10-6-14-23-15-16-7-2-1-3-8-16)20-17-11-13-21-12-5-4-9-18(17)21/h1-3,7-8,17-18H,4-6,9-15H2,(H,20,22)/t17-,18+/m0/s1. The van der Waals surface area contributed by atoms with E-state index >= 15 is 0 Å². The molecule has 2 atom stereocenters. The van der Waals surface area contributed by atoms with Crippen LogP contribution in [0.3, 0.4) is 0 Å². The van der Waals surface area contributed by atoms with E-state index in [0.29, 0.717) is 31.7 Å². The fraction of sp³-hybridized carbons (Fsp3) is 0.632. The number of nitrogens with one attached hydrogen (secondary N) is 1. The zero-order chi connectivity index (χ0) is 15.9. The van der Waals surface area contributed by atoms with Crippen LogP contribution in [0.25, 0.3) is 0 Å². The van der Waals surface area contributed by atoms with Gasteiger partial charge in [0.2, 0.25) is 5.91 Å². The van der Waals surface area contributed by atoms with Gasteiger partial charge in [-0.1, -0.05) is 36.8 Å². The van der Waals surface area contributed by atoms with Crippen molar-refractivity contribution in [3.8, 4) is 0 Å². The fourth-order valence-electron chi connectivity index (χ4n) is 3.79. The number of carbonyl (C=O) groups excluding carboxylic acids is 1. The van der Waals surface area contributed by atoms with Gasteiger partial charge in [-0.15, -0.1) is 0 Å². The van der Waals surface area contributed by atoms with E-state index in [0.717, 1.165) is 19.4 Å². The lowest BCUT2D eigenvalue weighted by atomic mass is 9.99. The van der Waals surface area contributed by atoms with Crippen LogP contribution in [0.5, 0.6) is 0 Å². The van der Waals surface area contributed by atoms with Gasteiger partial charge in [0.15, 0.2) is 0 Å². The van der Waals surface area contributed by atoms with Gasteiger partial charge in [0, 0.05) is 31.7 Å². The second-order valence-corrected chi connectivity index (χ2v) is 6.70. The quantitative estimate of drug-likeness (QED) is 0.787. The Hall–Kier alpha value is -1.39. The van der Waals surface area contributed by atoms with Crippen molar-refractivity contribution in [2.24, 2.45) is 0 Å². The number of carbonyl (C=O) groups is 1. The summed E-state index contributed by atoms with van der Waals surface area (Å²) in [5.74, 6) is 0.186. The van der Waals surface area contributed by atoms with E-state index in [-0.39, 0.29) is 5.91 Å². The molecule has 0 aliphatic carbocycles. The summed E-state index contributed by atoms with van der Waals surface area (Å²) in [7, 11) is 0. The third-order valence-electron chi connectivity index (χ3n) is 5.01. The highest BCUT2D eigenvalue weighted by Crippen LogP contribution is 2.27. The van der Waals surface area contributed by atoms with Crippen LogP contribution in [0.2, 0.25) is 0 Å². The fourth-order valence-corrected chi connectivity index (χ4v) is 3.79. The van der Waals surface area contributed by atoms with Crippen LogP contribution in [-0.4, -0.2) is 42.6 Å². The molecule has 2 fully saturated rings. The van der Waals surface area contributed by atoms with Gasteiger partial charge in [0.25, 0.3) is 0 Å². The second kappa shape index (κ2) is 8.46. The maximum atomic E-state index is 12.1. The summed E-state index contributed by atoms with van der Waals surface area (Å²) in [5, 5.41) is 3.25. The van der Waals surface area contributed by atoms with Crippen molar-refractivity contribution < 1.29 is 9.53 Å². The molecule has 2 aliphatic rings. The van der Waals surface area contributed by atoms with Crippen molar-refractivity contribution >= 4 is 5.91 Å². The van der Waals surface area contributed by atoms with Crippen molar-refractivity contribution in [2.75, 3.05) is 19.7 Å². The van der Waals surface area contributed by atoms with Gasteiger partial charge in [-0.25, -0.2) is 0 Å². The second-order valence-electron chi connectivity index (χ2n) is 6.70. The van der Waals surface area contributed by atoms with E-state index in [1.165, 1.54) is 31.4 Å². The molecule has 1 amide bonds. The minimum absolute atomic E-state index is 0.186. The first-order valence-corrected chi connectivity index (χ1v) is 8.98. The predicted octanol–water partition coefficient (Wildman–Crippen LogP) is 2.73. The Morgan fingerprint density at radius 1 is 1.17 bits per heavy atom. The van der Waals surface area contributed by atoms with Gasteiger partial charge in [-0.05, 0) is 37.8 Å². The van der Waals surface area contributed by atoms with Gasteiger partial charge in [0.1, 0.15) is 0 Å². The van der Waals surface area contributed by atoms with Crippen molar-refractivity contribution in [3.05, 3.63) is 35.9 Å². The summed E-state index contributed by atoms with van der Waals surface area (Å²) in [6.07, 6.45) is 6.33. The van der Waals surface area contributed by atoms with Gasteiger partial charge >= 0.3 is 0 Å². The van der Waals surface area contributed by atoms with Crippen LogP contribution in [0.15, 0.2) is 30.3 Å². The van der Waals surface area contributed by atoms with Gasteiger partial charge < -0.3 is 10.1 Å². The summed E-state index contributed by atoms with van der Waals surface area (Å²) < 4.78 is 5.64. The molecule has 4 nitrogen and oxygen atoms in total. The van der Waals surface area contributed by atoms with E-state index in [4.69, 9.17) is 4.74 Å². The molecule has 0 spiro atoms. The zero-order valence-electron chi connectivity index (χ0n) is 13.9. The van der Waals surface area contributed by atoms with Crippen molar-refractivity contribution in [1.29, 1.82) is 0 Å². The first-order chi connectivity index (χ1) is 11.3. The highest BCUT2D eigenvalue weighted by molar-refractivity contribution is 5.76. The number of ether oxygens (including phenoxy) is 1. The Bertz CT molecular complexity index is 491. The molecule has 2 saturated heterocycles. The summed E-state index contributed by atoms with van der Waals surface area (Å²) in [5.41, 5.74) is 1.18. The number of amides is 1. The Balaban J connectivity index is 1.29. The van der Waals surface area contributed by atoms with E-state index in [1.807, 2.05) is 18.2 Å². The molecule has 1 N–H and O–H groups in total. The topological polar surface area (TPSA) is 41.6 Å². The molecule has 1 aromatic carbocycles.